The number of benzene rings is 3. The van der Waals surface area contributed by atoms with Crippen molar-refractivity contribution in [1.29, 1.82) is 0 Å². The van der Waals surface area contributed by atoms with Gasteiger partial charge in [-0.2, -0.15) is 0 Å². The summed E-state index contributed by atoms with van der Waals surface area (Å²) in [5.41, 5.74) is 3.33. The van der Waals surface area contributed by atoms with Crippen LogP contribution in [-0.2, 0) is 12.8 Å². The van der Waals surface area contributed by atoms with E-state index in [2.05, 4.69) is 42.5 Å². The maximum absolute atomic E-state index is 12.1. The van der Waals surface area contributed by atoms with Crippen LogP contribution in [0, 0.1) is 0 Å². The molecule has 0 atom stereocenters. The van der Waals surface area contributed by atoms with Gasteiger partial charge in [-0.05, 0) is 41.7 Å². The Morgan fingerprint density at radius 1 is 0.810 bits per heavy atom. The number of fused-ring (bicyclic) bond motifs is 1. The lowest BCUT2D eigenvalue weighted by molar-refractivity contribution is 0.101. The molecular formula is C20H18O. The smallest absolute Gasteiger partial charge is 0.160 e. The fourth-order valence-corrected chi connectivity index (χ4v) is 2.86. The van der Waals surface area contributed by atoms with Crippen LogP contribution in [0.4, 0.5) is 0 Å². The van der Waals surface area contributed by atoms with Gasteiger partial charge in [0.05, 0.1) is 0 Å². The zero-order chi connectivity index (χ0) is 14.7. The Kier molecular flexibility index (Phi) is 3.83. The van der Waals surface area contributed by atoms with Gasteiger partial charge in [-0.25, -0.2) is 0 Å². The molecular weight excluding hydrogens is 256 g/mol. The molecule has 0 aliphatic carbocycles. The molecule has 0 saturated heterocycles. The molecule has 104 valence electrons. The summed E-state index contributed by atoms with van der Waals surface area (Å²) in [6.07, 6.45) is 1.85. The van der Waals surface area contributed by atoms with Gasteiger partial charge in [0, 0.05) is 5.56 Å². The van der Waals surface area contributed by atoms with Crippen LogP contribution in [0.1, 0.15) is 28.4 Å². The molecule has 0 heterocycles. The summed E-state index contributed by atoms with van der Waals surface area (Å²) in [5.74, 6) is 0.148. The van der Waals surface area contributed by atoms with Crippen molar-refractivity contribution in [3.63, 3.8) is 0 Å². The van der Waals surface area contributed by atoms with Crippen molar-refractivity contribution in [2.45, 2.75) is 19.8 Å². The summed E-state index contributed by atoms with van der Waals surface area (Å²) in [5, 5.41) is 2.20. The third kappa shape index (κ3) is 2.87. The van der Waals surface area contributed by atoms with Gasteiger partial charge < -0.3 is 0 Å². The molecule has 0 bridgehead atoms. The Morgan fingerprint density at radius 2 is 1.52 bits per heavy atom. The molecule has 3 aromatic rings. The molecule has 0 N–H and O–H groups in total. The fourth-order valence-electron chi connectivity index (χ4n) is 2.86. The molecule has 1 heteroatoms. The largest absolute Gasteiger partial charge is 0.294 e. The first kappa shape index (κ1) is 13.6. The van der Waals surface area contributed by atoms with Gasteiger partial charge >= 0.3 is 0 Å². The SMILES string of the molecule is CC(=O)c1c(CCc2ccccc2)ccc2ccccc12. The first-order chi connectivity index (χ1) is 10.3. The summed E-state index contributed by atoms with van der Waals surface area (Å²) in [6.45, 7) is 1.66. The molecule has 0 aliphatic rings. The van der Waals surface area contributed by atoms with E-state index in [1.165, 1.54) is 5.56 Å². The van der Waals surface area contributed by atoms with Crippen molar-refractivity contribution < 1.29 is 4.79 Å². The second-order valence-corrected chi connectivity index (χ2v) is 5.36. The van der Waals surface area contributed by atoms with Crippen LogP contribution in [0.15, 0.2) is 66.7 Å². The van der Waals surface area contributed by atoms with Crippen LogP contribution in [-0.4, -0.2) is 5.78 Å². The van der Waals surface area contributed by atoms with Crippen molar-refractivity contribution in [3.05, 3.63) is 83.4 Å². The molecule has 0 amide bonds. The van der Waals surface area contributed by atoms with Crippen LogP contribution in [0.2, 0.25) is 0 Å². The lowest BCUT2D eigenvalue weighted by Crippen LogP contribution is -2.02. The number of rotatable bonds is 4. The summed E-state index contributed by atoms with van der Waals surface area (Å²) in [7, 11) is 0. The maximum atomic E-state index is 12.1. The molecule has 21 heavy (non-hydrogen) atoms. The molecule has 0 aromatic heterocycles. The van der Waals surface area contributed by atoms with Crippen molar-refractivity contribution >= 4 is 16.6 Å². The van der Waals surface area contributed by atoms with E-state index in [0.29, 0.717) is 0 Å². The highest BCUT2D eigenvalue weighted by Gasteiger charge is 2.11. The van der Waals surface area contributed by atoms with Gasteiger partial charge in [-0.15, -0.1) is 0 Å². The van der Waals surface area contributed by atoms with E-state index in [9.17, 15) is 4.79 Å². The maximum Gasteiger partial charge on any atom is 0.160 e. The quantitative estimate of drug-likeness (QED) is 0.623. The predicted molar refractivity (Wildman–Crippen MR) is 87.8 cm³/mol. The normalized spacial score (nSPS) is 10.7. The lowest BCUT2D eigenvalue weighted by Gasteiger charge is -2.11. The van der Waals surface area contributed by atoms with Crippen molar-refractivity contribution in [1.82, 2.24) is 0 Å². The number of aryl methyl sites for hydroxylation is 2. The summed E-state index contributed by atoms with van der Waals surface area (Å²) in [4.78, 5) is 12.1. The van der Waals surface area contributed by atoms with E-state index >= 15 is 0 Å². The third-order valence-corrected chi connectivity index (χ3v) is 3.89. The Hall–Kier alpha value is -2.41. The second-order valence-electron chi connectivity index (χ2n) is 5.36. The van der Waals surface area contributed by atoms with E-state index < -0.39 is 0 Å². The molecule has 0 radical (unpaired) electrons. The van der Waals surface area contributed by atoms with Crippen LogP contribution in [0.25, 0.3) is 10.8 Å². The van der Waals surface area contributed by atoms with E-state index in [1.807, 2.05) is 24.3 Å². The molecule has 3 aromatic carbocycles. The number of carbonyl (C=O) groups is 1. The van der Waals surface area contributed by atoms with Gasteiger partial charge in [0.1, 0.15) is 0 Å². The highest BCUT2D eigenvalue weighted by Crippen LogP contribution is 2.24. The minimum atomic E-state index is 0.148. The minimum Gasteiger partial charge on any atom is -0.294 e. The molecule has 0 fully saturated rings. The van der Waals surface area contributed by atoms with Crippen LogP contribution in [0.5, 0.6) is 0 Å². The number of hydrogen-bond acceptors (Lipinski definition) is 1. The highest BCUT2D eigenvalue weighted by atomic mass is 16.1. The second kappa shape index (κ2) is 5.92. The van der Waals surface area contributed by atoms with Crippen LogP contribution in [0.3, 0.4) is 0 Å². The first-order valence-electron chi connectivity index (χ1n) is 7.31. The first-order valence-corrected chi connectivity index (χ1v) is 7.31. The number of hydrogen-bond donors (Lipinski definition) is 0. The van der Waals surface area contributed by atoms with Crippen LogP contribution < -0.4 is 0 Å². The van der Waals surface area contributed by atoms with Crippen LogP contribution >= 0.6 is 0 Å². The summed E-state index contributed by atoms with van der Waals surface area (Å²) < 4.78 is 0. The lowest BCUT2D eigenvalue weighted by atomic mass is 9.93. The average Bonchev–Trinajstić information content (AvgIpc) is 2.53. The fraction of sp³-hybridized carbons (Fsp3) is 0.150. The van der Waals surface area contributed by atoms with Gasteiger partial charge in [-0.3, -0.25) is 4.79 Å². The van der Waals surface area contributed by atoms with Gasteiger partial charge in [-0.1, -0.05) is 66.7 Å². The standard InChI is InChI=1S/C20H18O/c1-15(21)20-18(12-11-16-7-3-2-4-8-16)14-13-17-9-5-6-10-19(17)20/h2-10,13-14H,11-12H2,1H3. The molecule has 0 aliphatic heterocycles. The van der Waals surface area contributed by atoms with E-state index in [1.54, 1.807) is 6.92 Å². The molecule has 0 saturated carbocycles. The van der Waals surface area contributed by atoms with E-state index in [-0.39, 0.29) is 5.78 Å². The Morgan fingerprint density at radius 3 is 2.29 bits per heavy atom. The Bertz CT molecular complexity index is 772. The van der Waals surface area contributed by atoms with Gasteiger partial charge in [0.25, 0.3) is 0 Å². The van der Waals surface area contributed by atoms with E-state index in [4.69, 9.17) is 0 Å². The molecule has 0 spiro atoms. The highest BCUT2D eigenvalue weighted by molar-refractivity contribution is 6.08. The number of ketones is 1. The number of carbonyl (C=O) groups excluding carboxylic acids is 1. The molecule has 1 nitrogen and oxygen atoms in total. The molecule has 0 unspecified atom stereocenters. The Balaban J connectivity index is 1.98. The summed E-state index contributed by atoms with van der Waals surface area (Å²) in [6, 6.07) is 22.7. The van der Waals surface area contributed by atoms with Crippen molar-refractivity contribution in [2.24, 2.45) is 0 Å². The topological polar surface area (TPSA) is 17.1 Å². The molecule has 3 rings (SSSR count). The van der Waals surface area contributed by atoms with Crippen molar-refractivity contribution in [2.75, 3.05) is 0 Å². The van der Waals surface area contributed by atoms with Gasteiger partial charge in [0.15, 0.2) is 5.78 Å². The number of Topliss-reactive ketones (excluding diaryl/α,β-unsaturated/α-hetero) is 1. The van der Waals surface area contributed by atoms with Crippen molar-refractivity contribution in [3.8, 4) is 0 Å². The minimum absolute atomic E-state index is 0.148. The summed E-state index contributed by atoms with van der Waals surface area (Å²) >= 11 is 0. The third-order valence-electron chi connectivity index (χ3n) is 3.89. The zero-order valence-electron chi connectivity index (χ0n) is 12.2. The monoisotopic (exact) mass is 274 g/mol. The zero-order valence-corrected chi connectivity index (χ0v) is 12.2. The average molecular weight is 274 g/mol. The van der Waals surface area contributed by atoms with Gasteiger partial charge in [0.2, 0.25) is 0 Å². The Labute approximate surface area is 125 Å². The van der Waals surface area contributed by atoms with E-state index in [0.717, 1.165) is 34.7 Å². The predicted octanol–water partition coefficient (Wildman–Crippen LogP) is 4.83.